The third kappa shape index (κ3) is 4.41. The third-order valence-corrected chi connectivity index (χ3v) is 3.63. The summed E-state index contributed by atoms with van der Waals surface area (Å²) < 4.78 is 55.2. The Hall–Kier alpha value is -3.42. The molecule has 3 aromatic rings. The Balaban J connectivity index is 1.84. The van der Waals surface area contributed by atoms with E-state index in [2.05, 4.69) is 10.4 Å². The fourth-order valence-corrected chi connectivity index (χ4v) is 2.44. The Morgan fingerprint density at radius 3 is 2.41 bits per heavy atom. The molecule has 138 valence electrons. The maximum Gasteiger partial charge on any atom is 0.417 e. The van der Waals surface area contributed by atoms with Crippen LogP contribution in [0, 0.1) is 5.82 Å². The number of allylic oxidation sites excluding steroid dienone is 1. The Kier molecular flexibility index (Phi) is 5.07. The van der Waals surface area contributed by atoms with E-state index in [1.165, 1.54) is 53.5 Å². The number of benzene rings is 2. The first-order valence-electron chi connectivity index (χ1n) is 7.79. The normalized spacial score (nSPS) is 12.1. The lowest BCUT2D eigenvalue weighted by Gasteiger charge is -2.12. The van der Waals surface area contributed by atoms with Crippen molar-refractivity contribution in [2.24, 2.45) is 0 Å². The highest BCUT2D eigenvalue weighted by Crippen LogP contribution is 2.33. The number of nitrogens with zero attached hydrogens (tertiary/aromatic N) is 2. The van der Waals surface area contributed by atoms with Crippen LogP contribution in [0.5, 0.6) is 0 Å². The van der Waals surface area contributed by atoms with Crippen LogP contribution in [0.25, 0.3) is 11.3 Å². The molecule has 2 aromatic carbocycles. The maximum atomic E-state index is 14.2. The van der Waals surface area contributed by atoms with Crippen molar-refractivity contribution in [2.45, 2.75) is 6.18 Å². The quantitative estimate of drug-likeness (QED) is 0.535. The Labute approximate surface area is 151 Å². The number of amides is 1. The molecule has 1 N–H and O–H groups in total. The summed E-state index contributed by atoms with van der Waals surface area (Å²) in [5.41, 5.74) is -1.05. The standard InChI is InChI=1S/C19H13F4N3O/c20-16-11-14(7-8-17(16)26-10-4-9-24-26)25-18(27)12-15(19(21,22)23)13-5-2-1-3-6-13/h1-12H,(H,25,27)/b15-12-. The monoisotopic (exact) mass is 375 g/mol. The van der Waals surface area contributed by atoms with Gasteiger partial charge in [-0.05, 0) is 29.8 Å². The Bertz CT molecular complexity index is 964. The van der Waals surface area contributed by atoms with Crippen LogP contribution in [-0.4, -0.2) is 21.9 Å². The van der Waals surface area contributed by atoms with Crippen LogP contribution < -0.4 is 5.32 Å². The van der Waals surface area contributed by atoms with Crippen molar-refractivity contribution in [3.63, 3.8) is 0 Å². The molecular formula is C19H13F4N3O. The van der Waals surface area contributed by atoms with Gasteiger partial charge in [-0.15, -0.1) is 0 Å². The summed E-state index contributed by atoms with van der Waals surface area (Å²) in [6.45, 7) is 0. The van der Waals surface area contributed by atoms with Crippen molar-refractivity contribution >= 4 is 17.2 Å². The lowest BCUT2D eigenvalue weighted by molar-refractivity contribution is -0.112. The molecule has 0 saturated heterocycles. The van der Waals surface area contributed by atoms with Gasteiger partial charge < -0.3 is 5.32 Å². The number of halogens is 4. The van der Waals surface area contributed by atoms with Crippen molar-refractivity contribution in [3.05, 3.63) is 84.4 Å². The van der Waals surface area contributed by atoms with Gasteiger partial charge in [-0.25, -0.2) is 9.07 Å². The molecule has 1 heterocycles. The van der Waals surface area contributed by atoms with Crippen LogP contribution in [0.2, 0.25) is 0 Å². The zero-order chi connectivity index (χ0) is 19.4. The van der Waals surface area contributed by atoms with Gasteiger partial charge in [-0.2, -0.15) is 18.3 Å². The van der Waals surface area contributed by atoms with Gasteiger partial charge in [-0.1, -0.05) is 30.3 Å². The van der Waals surface area contributed by atoms with E-state index in [4.69, 9.17) is 0 Å². The number of aromatic nitrogens is 2. The summed E-state index contributed by atoms with van der Waals surface area (Å²) in [6, 6.07) is 12.3. The summed E-state index contributed by atoms with van der Waals surface area (Å²) in [7, 11) is 0. The molecule has 3 rings (SSSR count). The SMILES string of the molecule is O=C(/C=C(/c1ccccc1)C(F)(F)F)Nc1ccc(-n2cccn2)c(F)c1. The molecule has 8 heteroatoms. The average Bonchev–Trinajstić information content (AvgIpc) is 3.14. The second-order valence-electron chi connectivity index (χ2n) is 5.53. The lowest BCUT2D eigenvalue weighted by Crippen LogP contribution is -2.16. The van der Waals surface area contributed by atoms with Gasteiger partial charge in [0.2, 0.25) is 5.91 Å². The molecule has 0 unspecified atom stereocenters. The summed E-state index contributed by atoms with van der Waals surface area (Å²) in [5.74, 6) is -1.70. The summed E-state index contributed by atoms with van der Waals surface area (Å²) in [5, 5.41) is 6.14. The smallest absolute Gasteiger partial charge is 0.322 e. The van der Waals surface area contributed by atoms with Crippen molar-refractivity contribution < 1.29 is 22.4 Å². The van der Waals surface area contributed by atoms with Crippen LogP contribution >= 0.6 is 0 Å². The van der Waals surface area contributed by atoms with Crippen molar-refractivity contribution in [3.8, 4) is 5.69 Å². The van der Waals surface area contributed by atoms with E-state index in [9.17, 15) is 22.4 Å². The number of rotatable bonds is 4. The van der Waals surface area contributed by atoms with E-state index in [0.717, 1.165) is 6.07 Å². The predicted octanol–water partition coefficient (Wildman–Crippen LogP) is 4.60. The number of carbonyl (C=O) groups excluding carboxylic acids is 1. The molecule has 0 aliphatic heterocycles. The van der Waals surface area contributed by atoms with Crippen LogP contribution in [-0.2, 0) is 4.79 Å². The van der Waals surface area contributed by atoms with Crippen molar-refractivity contribution in [2.75, 3.05) is 5.32 Å². The van der Waals surface area contributed by atoms with Crippen LogP contribution in [0.1, 0.15) is 5.56 Å². The molecule has 4 nitrogen and oxygen atoms in total. The topological polar surface area (TPSA) is 46.9 Å². The minimum absolute atomic E-state index is 0.0271. The molecule has 0 fully saturated rings. The van der Waals surface area contributed by atoms with E-state index in [1.807, 2.05) is 0 Å². The predicted molar refractivity (Wildman–Crippen MR) is 92.6 cm³/mol. The average molecular weight is 375 g/mol. The molecule has 0 radical (unpaired) electrons. The largest absolute Gasteiger partial charge is 0.417 e. The molecule has 0 bridgehead atoms. The zero-order valence-corrected chi connectivity index (χ0v) is 13.7. The molecule has 27 heavy (non-hydrogen) atoms. The molecular weight excluding hydrogens is 362 g/mol. The van der Waals surface area contributed by atoms with E-state index in [1.54, 1.807) is 12.1 Å². The molecule has 0 aliphatic carbocycles. The van der Waals surface area contributed by atoms with Gasteiger partial charge in [0.1, 0.15) is 5.69 Å². The molecule has 0 saturated carbocycles. The minimum atomic E-state index is -4.71. The molecule has 0 atom stereocenters. The number of nitrogens with one attached hydrogen (secondary N) is 1. The highest BCUT2D eigenvalue weighted by atomic mass is 19.4. The number of hydrogen-bond acceptors (Lipinski definition) is 2. The van der Waals surface area contributed by atoms with Gasteiger partial charge in [-0.3, -0.25) is 4.79 Å². The Morgan fingerprint density at radius 2 is 1.81 bits per heavy atom. The molecule has 1 amide bonds. The van der Waals surface area contributed by atoms with Gasteiger partial charge >= 0.3 is 6.18 Å². The summed E-state index contributed by atoms with van der Waals surface area (Å²) in [4.78, 5) is 12.0. The van der Waals surface area contributed by atoms with Gasteiger partial charge in [0.15, 0.2) is 5.82 Å². The van der Waals surface area contributed by atoms with Crippen molar-refractivity contribution in [1.82, 2.24) is 9.78 Å². The second kappa shape index (κ2) is 7.45. The highest BCUT2D eigenvalue weighted by Gasteiger charge is 2.35. The molecule has 0 spiro atoms. The van der Waals surface area contributed by atoms with Crippen LogP contribution in [0.4, 0.5) is 23.2 Å². The van der Waals surface area contributed by atoms with E-state index in [-0.39, 0.29) is 16.9 Å². The lowest BCUT2D eigenvalue weighted by atomic mass is 10.1. The maximum absolute atomic E-state index is 14.2. The second-order valence-corrected chi connectivity index (χ2v) is 5.53. The number of hydrogen-bond donors (Lipinski definition) is 1. The van der Waals surface area contributed by atoms with Crippen molar-refractivity contribution in [1.29, 1.82) is 0 Å². The van der Waals surface area contributed by atoms with Gasteiger partial charge in [0, 0.05) is 24.2 Å². The van der Waals surface area contributed by atoms with Crippen LogP contribution in [0.15, 0.2) is 73.1 Å². The van der Waals surface area contributed by atoms with E-state index < -0.39 is 23.5 Å². The number of carbonyl (C=O) groups is 1. The highest BCUT2D eigenvalue weighted by molar-refractivity contribution is 6.04. The first kappa shape index (κ1) is 18.4. The fourth-order valence-electron chi connectivity index (χ4n) is 2.44. The van der Waals surface area contributed by atoms with E-state index >= 15 is 0 Å². The molecule has 0 aliphatic rings. The Morgan fingerprint density at radius 1 is 1.07 bits per heavy atom. The number of alkyl halides is 3. The van der Waals surface area contributed by atoms with Gasteiger partial charge in [0.05, 0.1) is 5.57 Å². The fraction of sp³-hybridized carbons (Fsp3) is 0.0526. The first-order valence-corrected chi connectivity index (χ1v) is 7.79. The van der Waals surface area contributed by atoms with Gasteiger partial charge in [0.25, 0.3) is 0 Å². The van der Waals surface area contributed by atoms with Crippen LogP contribution in [0.3, 0.4) is 0 Å². The zero-order valence-electron chi connectivity index (χ0n) is 13.7. The third-order valence-electron chi connectivity index (χ3n) is 3.63. The first-order chi connectivity index (χ1) is 12.8. The molecule has 1 aromatic heterocycles. The minimum Gasteiger partial charge on any atom is -0.322 e. The number of anilines is 1. The van der Waals surface area contributed by atoms with E-state index in [0.29, 0.717) is 6.08 Å². The summed E-state index contributed by atoms with van der Waals surface area (Å²) in [6.07, 6.45) is -1.25. The summed E-state index contributed by atoms with van der Waals surface area (Å²) >= 11 is 0.